The lowest BCUT2D eigenvalue weighted by Crippen LogP contribution is -2.52. The standard InChI is InChI=1S/C18H20N4O5/c1-19-16(24)14-9-21(11-5-2-3-7-13(11)27-14)15(23)10-22-17(25)12-6-4-8-20(12)18(22)26/h2-3,5,7,12,14H,4,6,8-10H2,1H3,(H,19,24)/t12-,14-/m0/s1. The summed E-state index contributed by atoms with van der Waals surface area (Å²) in [4.78, 5) is 53.9. The van der Waals surface area contributed by atoms with Gasteiger partial charge in [-0.25, -0.2) is 4.79 Å². The summed E-state index contributed by atoms with van der Waals surface area (Å²) >= 11 is 0. The Kier molecular flexibility index (Phi) is 4.21. The Morgan fingerprint density at radius 3 is 2.78 bits per heavy atom. The van der Waals surface area contributed by atoms with Crippen molar-refractivity contribution >= 4 is 29.4 Å². The summed E-state index contributed by atoms with van der Waals surface area (Å²) in [6, 6.07) is 6.02. The van der Waals surface area contributed by atoms with Gasteiger partial charge in [-0.2, -0.15) is 0 Å². The van der Waals surface area contributed by atoms with E-state index in [4.69, 9.17) is 4.74 Å². The van der Waals surface area contributed by atoms with Crippen LogP contribution in [0.25, 0.3) is 0 Å². The third-order valence-electron chi connectivity index (χ3n) is 5.19. The van der Waals surface area contributed by atoms with Gasteiger partial charge in [0.1, 0.15) is 18.3 Å². The van der Waals surface area contributed by atoms with Gasteiger partial charge in [0.05, 0.1) is 12.2 Å². The topological polar surface area (TPSA) is 99.3 Å². The predicted molar refractivity (Wildman–Crippen MR) is 94.1 cm³/mol. The Morgan fingerprint density at radius 1 is 1.26 bits per heavy atom. The molecule has 3 aliphatic heterocycles. The molecule has 0 saturated carbocycles. The summed E-state index contributed by atoms with van der Waals surface area (Å²) in [6.07, 6.45) is 0.574. The van der Waals surface area contributed by atoms with Crippen LogP contribution in [0.1, 0.15) is 12.8 Å². The molecule has 0 bridgehead atoms. The summed E-state index contributed by atoms with van der Waals surface area (Å²) in [5, 5.41) is 2.51. The third kappa shape index (κ3) is 2.79. The van der Waals surface area contributed by atoms with Gasteiger partial charge in [-0.15, -0.1) is 0 Å². The average Bonchev–Trinajstić information content (AvgIpc) is 3.26. The number of amides is 5. The SMILES string of the molecule is CNC(=O)[C@@H]1CN(C(=O)CN2C(=O)[C@@H]3CCCN3C2=O)c2ccccc2O1. The third-order valence-corrected chi connectivity index (χ3v) is 5.19. The summed E-state index contributed by atoms with van der Waals surface area (Å²) < 4.78 is 5.68. The van der Waals surface area contributed by atoms with E-state index in [0.717, 1.165) is 11.3 Å². The molecule has 0 spiro atoms. The summed E-state index contributed by atoms with van der Waals surface area (Å²) in [5.41, 5.74) is 0.516. The molecule has 9 heteroatoms. The number of urea groups is 1. The number of likely N-dealkylation sites (N-methyl/N-ethyl adjacent to an activating group) is 1. The first-order valence-corrected chi connectivity index (χ1v) is 8.91. The number of benzene rings is 1. The summed E-state index contributed by atoms with van der Waals surface area (Å²) in [6.45, 7) is 0.206. The lowest BCUT2D eigenvalue weighted by molar-refractivity contribution is -0.132. The highest BCUT2D eigenvalue weighted by Crippen LogP contribution is 2.34. The minimum absolute atomic E-state index is 0.0128. The van der Waals surface area contributed by atoms with Gasteiger partial charge in [0.15, 0.2) is 6.10 Å². The Morgan fingerprint density at radius 2 is 2.04 bits per heavy atom. The monoisotopic (exact) mass is 372 g/mol. The fourth-order valence-corrected chi connectivity index (χ4v) is 3.82. The molecule has 0 aliphatic carbocycles. The lowest BCUT2D eigenvalue weighted by atomic mass is 10.1. The van der Waals surface area contributed by atoms with E-state index < -0.39 is 24.1 Å². The zero-order chi connectivity index (χ0) is 19.1. The molecule has 3 aliphatic rings. The van der Waals surface area contributed by atoms with Crippen LogP contribution in [-0.4, -0.2) is 72.4 Å². The van der Waals surface area contributed by atoms with E-state index >= 15 is 0 Å². The smallest absolute Gasteiger partial charge is 0.327 e. The normalized spacial score (nSPS) is 23.8. The van der Waals surface area contributed by atoms with Gasteiger partial charge in [-0.05, 0) is 25.0 Å². The number of imide groups is 1. The molecule has 5 amide bonds. The van der Waals surface area contributed by atoms with Gasteiger partial charge >= 0.3 is 6.03 Å². The van der Waals surface area contributed by atoms with Crippen molar-refractivity contribution in [1.29, 1.82) is 0 Å². The van der Waals surface area contributed by atoms with E-state index in [-0.39, 0.29) is 24.9 Å². The van der Waals surface area contributed by atoms with Crippen molar-refractivity contribution in [3.8, 4) is 5.75 Å². The molecule has 1 aromatic rings. The molecule has 2 fully saturated rings. The lowest BCUT2D eigenvalue weighted by Gasteiger charge is -2.34. The maximum absolute atomic E-state index is 13.0. The van der Waals surface area contributed by atoms with E-state index in [2.05, 4.69) is 5.32 Å². The molecule has 1 aromatic carbocycles. The number of rotatable bonds is 3. The summed E-state index contributed by atoms with van der Waals surface area (Å²) in [7, 11) is 1.49. The minimum atomic E-state index is -0.859. The zero-order valence-electron chi connectivity index (χ0n) is 14.9. The van der Waals surface area contributed by atoms with Gasteiger partial charge < -0.3 is 19.9 Å². The highest BCUT2D eigenvalue weighted by Gasteiger charge is 2.48. The number of nitrogens with zero attached hydrogens (tertiary/aromatic N) is 3. The minimum Gasteiger partial charge on any atom is -0.477 e. The van der Waals surface area contributed by atoms with Crippen molar-refractivity contribution in [3.63, 3.8) is 0 Å². The van der Waals surface area contributed by atoms with E-state index in [1.54, 1.807) is 24.3 Å². The van der Waals surface area contributed by atoms with E-state index in [9.17, 15) is 19.2 Å². The molecule has 3 heterocycles. The van der Waals surface area contributed by atoms with Crippen LogP contribution < -0.4 is 15.0 Å². The average molecular weight is 372 g/mol. The number of anilines is 1. The second-order valence-corrected chi connectivity index (χ2v) is 6.75. The zero-order valence-corrected chi connectivity index (χ0v) is 14.9. The largest absolute Gasteiger partial charge is 0.477 e. The maximum atomic E-state index is 13.0. The van der Waals surface area contributed by atoms with Gasteiger partial charge in [0.2, 0.25) is 5.91 Å². The fraction of sp³-hybridized carbons (Fsp3) is 0.444. The van der Waals surface area contributed by atoms with Gasteiger partial charge in [-0.3, -0.25) is 19.3 Å². The van der Waals surface area contributed by atoms with Crippen LogP contribution in [0.4, 0.5) is 10.5 Å². The van der Waals surface area contributed by atoms with Gasteiger partial charge in [0, 0.05) is 13.6 Å². The second kappa shape index (κ2) is 6.57. The number of carbonyl (C=O) groups is 4. The number of nitrogens with one attached hydrogen (secondary N) is 1. The number of ether oxygens (including phenoxy) is 1. The van der Waals surface area contributed by atoms with Crippen molar-refractivity contribution in [2.75, 3.05) is 31.6 Å². The van der Waals surface area contributed by atoms with Crippen molar-refractivity contribution in [2.24, 2.45) is 0 Å². The Labute approximate surface area is 155 Å². The van der Waals surface area contributed by atoms with Crippen molar-refractivity contribution in [1.82, 2.24) is 15.1 Å². The van der Waals surface area contributed by atoms with Crippen LogP contribution in [0.15, 0.2) is 24.3 Å². The van der Waals surface area contributed by atoms with E-state index in [0.29, 0.717) is 24.4 Å². The van der Waals surface area contributed by atoms with Crippen molar-refractivity contribution in [2.45, 2.75) is 25.0 Å². The van der Waals surface area contributed by atoms with E-state index in [1.807, 2.05) is 0 Å². The Bertz CT molecular complexity index is 804. The molecule has 0 aromatic heterocycles. The van der Waals surface area contributed by atoms with Gasteiger partial charge in [-0.1, -0.05) is 12.1 Å². The number of hydrogen-bond acceptors (Lipinski definition) is 5. The van der Waals surface area contributed by atoms with Crippen LogP contribution >= 0.6 is 0 Å². The van der Waals surface area contributed by atoms with Crippen LogP contribution in [0.5, 0.6) is 5.75 Å². The Hall–Kier alpha value is -3.10. The number of hydrogen-bond donors (Lipinski definition) is 1. The van der Waals surface area contributed by atoms with Crippen LogP contribution in [-0.2, 0) is 14.4 Å². The van der Waals surface area contributed by atoms with Gasteiger partial charge in [0.25, 0.3) is 11.8 Å². The number of carbonyl (C=O) groups excluding carboxylic acids is 4. The molecule has 9 nitrogen and oxygen atoms in total. The molecular weight excluding hydrogens is 352 g/mol. The molecule has 2 atom stereocenters. The fourth-order valence-electron chi connectivity index (χ4n) is 3.82. The first-order valence-electron chi connectivity index (χ1n) is 8.91. The van der Waals surface area contributed by atoms with Crippen molar-refractivity contribution in [3.05, 3.63) is 24.3 Å². The van der Waals surface area contributed by atoms with Crippen LogP contribution in [0.2, 0.25) is 0 Å². The van der Waals surface area contributed by atoms with Crippen molar-refractivity contribution < 1.29 is 23.9 Å². The quantitative estimate of drug-likeness (QED) is 0.751. The maximum Gasteiger partial charge on any atom is 0.327 e. The molecule has 4 rings (SSSR count). The summed E-state index contributed by atoms with van der Waals surface area (Å²) in [5.74, 6) is -0.695. The number of fused-ring (bicyclic) bond motifs is 2. The first kappa shape index (κ1) is 17.3. The van der Waals surface area contributed by atoms with Crippen LogP contribution in [0, 0.1) is 0 Å². The molecule has 142 valence electrons. The second-order valence-electron chi connectivity index (χ2n) is 6.75. The number of para-hydroxylation sites is 2. The Balaban J connectivity index is 1.56. The molecule has 0 radical (unpaired) electrons. The molecule has 27 heavy (non-hydrogen) atoms. The molecule has 0 unspecified atom stereocenters. The van der Waals surface area contributed by atoms with E-state index in [1.165, 1.54) is 16.8 Å². The first-order chi connectivity index (χ1) is 13.0. The highest BCUT2D eigenvalue weighted by atomic mass is 16.5. The molecule has 2 saturated heterocycles. The molecular formula is C18H20N4O5. The van der Waals surface area contributed by atoms with Crippen LogP contribution in [0.3, 0.4) is 0 Å². The highest BCUT2D eigenvalue weighted by molar-refractivity contribution is 6.09. The predicted octanol–water partition coefficient (Wildman–Crippen LogP) is -0.0468. The molecule has 1 N–H and O–H groups in total.